The van der Waals surface area contributed by atoms with E-state index in [0.717, 1.165) is 42.9 Å². The topological polar surface area (TPSA) is 72.1 Å². The molecule has 0 aliphatic heterocycles. The van der Waals surface area contributed by atoms with Crippen LogP contribution >= 0.6 is 0 Å². The van der Waals surface area contributed by atoms with Crippen LogP contribution < -0.4 is 5.32 Å². The van der Waals surface area contributed by atoms with E-state index in [1.807, 2.05) is 37.6 Å². The zero-order valence-electron chi connectivity index (χ0n) is 13.9. The first kappa shape index (κ1) is 15.8. The summed E-state index contributed by atoms with van der Waals surface area (Å²) in [5.74, 6) is 0.695. The average Bonchev–Trinajstić information content (AvgIpc) is 3.04. The SMILES string of the molecule is Cc1ccc(C)n1-c1c(C(=O)NC2CCC(O)CC2)cnn1C. The van der Waals surface area contributed by atoms with Crippen LogP contribution in [0, 0.1) is 13.8 Å². The molecule has 1 aliphatic carbocycles. The number of aliphatic hydroxyl groups excluding tert-OH is 1. The lowest BCUT2D eigenvalue weighted by Gasteiger charge is -2.26. The largest absolute Gasteiger partial charge is 0.393 e. The molecule has 1 saturated carbocycles. The summed E-state index contributed by atoms with van der Waals surface area (Å²) in [6.07, 6.45) is 4.55. The second kappa shape index (κ2) is 6.20. The van der Waals surface area contributed by atoms with Crippen molar-refractivity contribution in [1.29, 1.82) is 0 Å². The van der Waals surface area contributed by atoms with Crippen molar-refractivity contribution in [1.82, 2.24) is 19.7 Å². The van der Waals surface area contributed by atoms with Crippen molar-refractivity contribution in [2.75, 3.05) is 0 Å². The highest BCUT2D eigenvalue weighted by Crippen LogP contribution is 2.22. The van der Waals surface area contributed by atoms with Crippen molar-refractivity contribution in [3.8, 4) is 5.82 Å². The molecule has 23 heavy (non-hydrogen) atoms. The number of aliphatic hydroxyl groups is 1. The summed E-state index contributed by atoms with van der Waals surface area (Å²) in [5, 5.41) is 17.0. The van der Waals surface area contributed by atoms with Gasteiger partial charge in [0.2, 0.25) is 0 Å². The Morgan fingerprint density at radius 3 is 2.43 bits per heavy atom. The Hall–Kier alpha value is -2.08. The number of nitrogens with zero attached hydrogens (tertiary/aromatic N) is 3. The fraction of sp³-hybridized carbons (Fsp3) is 0.529. The van der Waals surface area contributed by atoms with Gasteiger partial charge in [0.1, 0.15) is 11.4 Å². The zero-order chi connectivity index (χ0) is 16.6. The van der Waals surface area contributed by atoms with Gasteiger partial charge in [-0.05, 0) is 51.7 Å². The molecule has 0 bridgehead atoms. The minimum atomic E-state index is -0.220. The molecule has 1 amide bonds. The Labute approximate surface area is 136 Å². The lowest BCUT2D eigenvalue weighted by atomic mass is 9.93. The van der Waals surface area contributed by atoms with Gasteiger partial charge in [-0.15, -0.1) is 0 Å². The Balaban J connectivity index is 1.85. The summed E-state index contributed by atoms with van der Waals surface area (Å²) >= 11 is 0. The number of rotatable bonds is 3. The second-order valence-corrected chi connectivity index (χ2v) is 6.44. The van der Waals surface area contributed by atoms with Crippen LogP contribution in [0.1, 0.15) is 47.4 Å². The molecule has 0 aromatic carbocycles. The van der Waals surface area contributed by atoms with E-state index in [-0.39, 0.29) is 18.1 Å². The maximum absolute atomic E-state index is 12.7. The highest BCUT2D eigenvalue weighted by atomic mass is 16.3. The molecule has 1 aliphatic rings. The van der Waals surface area contributed by atoms with Gasteiger partial charge in [0.05, 0.1) is 12.3 Å². The third kappa shape index (κ3) is 3.03. The number of amides is 1. The molecule has 2 aromatic rings. The first-order valence-corrected chi connectivity index (χ1v) is 8.13. The van der Waals surface area contributed by atoms with Crippen LogP contribution in [0.2, 0.25) is 0 Å². The maximum Gasteiger partial charge on any atom is 0.256 e. The predicted molar refractivity (Wildman–Crippen MR) is 87.7 cm³/mol. The average molecular weight is 316 g/mol. The van der Waals surface area contributed by atoms with E-state index in [2.05, 4.69) is 10.4 Å². The van der Waals surface area contributed by atoms with Crippen molar-refractivity contribution >= 4 is 5.91 Å². The van der Waals surface area contributed by atoms with Gasteiger partial charge >= 0.3 is 0 Å². The molecule has 3 rings (SSSR count). The van der Waals surface area contributed by atoms with Crippen molar-refractivity contribution < 1.29 is 9.90 Å². The molecule has 2 heterocycles. The third-order valence-electron chi connectivity index (χ3n) is 4.67. The van der Waals surface area contributed by atoms with Gasteiger partial charge in [-0.25, -0.2) is 0 Å². The van der Waals surface area contributed by atoms with Crippen LogP contribution in [0.25, 0.3) is 5.82 Å². The fourth-order valence-electron chi connectivity index (χ4n) is 3.34. The number of hydrogen-bond acceptors (Lipinski definition) is 3. The lowest BCUT2D eigenvalue weighted by Crippen LogP contribution is -2.38. The highest BCUT2D eigenvalue weighted by molar-refractivity contribution is 5.97. The summed E-state index contributed by atoms with van der Waals surface area (Å²) in [4.78, 5) is 12.7. The minimum absolute atomic E-state index is 0.0954. The zero-order valence-corrected chi connectivity index (χ0v) is 13.9. The molecule has 0 spiro atoms. The lowest BCUT2D eigenvalue weighted by molar-refractivity contribution is 0.0867. The molecule has 0 atom stereocenters. The second-order valence-electron chi connectivity index (χ2n) is 6.44. The smallest absolute Gasteiger partial charge is 0.256 e. The molecule has 0 unspecified atom stereocenters. The Morgan fingerprint density at radius 2 is 1.83 bits per heavy atom. The molecule has 124 valence electrons. The van der Waals surface area contributed by atoms with E-state index >= 15 is 0 Å². The van der Waals surface area contributed by atoms with Crippen molar-refractivity contribution in [3.63, 3.8) is 0 Å². The number of carbonyl (C=O) groups excluding carboxylic acids is 1. The highest BCUT2D eigenvalue weighted by Gasteiger charge is 2.24. The monoisotopic (exact) mass is 316 g/mol. The predicted octanol–water partition coefficient (Wildman–Crippen LogP) is 1.86. The summed E-state index contributed by atoms with van der Waals surface area (Å²) in [7, 11) is 1.85. The van der Waals surface area contributed by atoms with Crippen LogP contribution in [0.5, 0.6) is 0 Å². The van der Waals surface area contributed by atoms with Gasteiger partial charge in [0.15, 0.2) is 0 Å². The van der Waals surface area contributed by atoms with Gasteiger partial charge in [-0.3, -0.25) is 9.48 Å². The molecular weight excluding hydrogens is 292 g/mol. The van der Waals surface area contributed by atoms with Gasteiger partial charge in [0.25, 0.3) is 5.91 Å². The summed E-state index contributed by atoms with van der Waals surface area (Å²) in [6, 6.07) is 4.20. The van der Waals surface area contributed by atoms with E-state index < -0.39 is 0 Å². The van der Waals surface area contributed by atoms with Crippen LogP contribution in [0.15, 0.2) is 18.3 Å². The molecule has 1 fully saturated rings. The Kier molecular flexibility index (Phi) is 4.26. The molecule has 0 saturated heterocycles. The minimum Gasteiger partial charge on any atom is -0.393 e. The number of nitrogens with one attached hydrogen (secondary N) is 1. The van der Waals surface area contributed by atoms with Crippen molar-refractivity contribution in [3.05, 3.63) is 35.3 Å². The molecule has 0 radical (unpaired) electrons. The Morgan fingerprint density at radius 1 is 1.22 bits per heavy atom. The van der Waals surface area contributed by atoms with Crippen LogP contribution in [-0.2, 0) is 7.05 Å². The van der Waals surface area contributed by atoms with Crippen LogP contribution in [-0.4, -0.2) is 37.5 Å². The normalized spacial score (nSPS) is 21.4. The van der Waals surface area contributed by atoms with Gasteiger partial charge < -0.3 is 15.0 Å². The first-order valence-electron chi connectivity index (χ1n) is 8.13. The van der Waals surface area contributed by atoms with E-state index in [1.54, 1.807) is 10.9 Å². The number of carbonyl (C=O) groups is 1. The Bertz CT molecular complexity index is 689. The van der Waals surface area contributed by atoms with Crippen LogP contribution in [0.3, 0.4) is 0 Å². The third-order valence-corrected chi connectivity index (χ3v) is 4.67. The quantitative estimate of drug-likeness (QED) is 0.908. The van der Waals surface area contributed by atoms with Gasteiger partial charge in [-0.1, -0.05) is 0 Å². The molecule has 2 aromatic heterocycles. The molecular formula is C17H24N4O2. The standard InChI is InChI=1S/C17H24N4O2/c1-11-4-5-12(2)21(11)17-15(10-18-20(17)3)16(23)19-13-6-8-14(22)9-7-13/h4-5,10,13-14,22H,6-9H2,1-3H3,(H,19,23). The van der Waals surface area contributed by atoms with E-state index in [4.69, 9.17) is 0 Å². The number of aromatic nitrogens is 3. The van der Waals surface area contributed by atoms with Gasteiger partial charge in [0, 0.05) is 24.5 Å². The molecule has 6 nitrogen and oxygen atoms in total. The maximum atomic E-state index is 12.7. The summed E-state index contributed by atoms with van der Waals surface area (Å²) < 4.78 is 3.78. The van der Waals surface area contributed by atoms with Crippen molar-refractivity contribution in [2.24, 2.45) is 7.05 Å². The van der Waals surface area contributed by atoms with Crippen molar-refractivity contribution in [2.45, 2.75) is 51.7 Å². The summed E-state index contributed by atoms with van der Waals surface area (Å²) in [5.41, 5.74) is 2.72. The number of aryl methyl sites for hydroxylation is 3. The van der Waals surface area contributed by atoms with Crippen LogP contribution in [0.4, 0.5) is 0 Å². The van der Waals surface area contributed by atoms with E-state index in [0.29, 0.717) is 5.56 Å². The first-order chi connectivity index (χ1) is 11.0. The molecule has 6 heteroatoms. The number of hydrogen-bond donors (Lipinski definition) is 2. The van der Waals surface area contributed by atoms with E-state index in [1.165, 1.54) is 0 Å². The van der Waals surface area contributed by atoms with E-state index in [9.17, 15) is 9.90 Å². The van der Waals surface area contributed by atoms with Gasteiger partial charge in [-0.2, -0.15) is 5.10 Å². The summed E-state index contributed by atoms with van der Waals surface area (Å²) in [6.45, 7) is 4.04. The fourth-order valence-corrected chi connectivity index (χ4v) is 3.34. The molecule has 2 N–H and O–H groups in total.